The largest absolute Gasteiger partial charge is 0.387 e. The Morgan fingerprint density at radius 2 is 2.30 bits per heavy atom. The Morgan fingerprint density at radius 3 is 2.70 bits per heavy atom. The molecule has 0 saturated heterocycles. The molecule has 2 unspecified atom stereocenters. The van der Waals surface area contributed by atoms with Gasteiger partial charge in [0.1, 0.15) is 0 Å². The lowest BCUT2D eigenvalue weighted by Gasteiger charge is -1.93. The van der Waals surface area contributed by atoms with Crippen LogP contribution in [-0.4, -0.2) is 12.4 Å². The number of aliphatic imine (C=N–C) groups is 1. The molecule has 0 aromatic heterocycles. The van der Waals surface area contributed by atoms with Gasteiger partial charge in [0.2, 0.25) is 0 Å². The van der Waals surface area contributed by atoms with Gasteiger partial charge >= 0.3 is 0 Å². The zero-order valence-corrected chi connectivity index (χ0v) is 6.80. The van der Waals surface area contributed by atoms with Crippen molar-refractivity contribution in [1.29, 1.82) is 0 Å². The maximum absolute atomic E-state index is 5.54. The van der Waals surface area contributed by atoms with E-state index in [9.17, 15) is 0 Å². The molecular weight excluding hydrogens is 124 g/mol. The minimum atomic E-state index is 0.805. The van der Waals surface area contributed by atoms with Crippen molar-refractivity contribution in [3.05, 3.63) is 0 Å². The second-order valence-corrected chi connectivity index (χ2v) is 3.16. The van der Waals surface area contributed by atoms with E-state index in [1.807, 2.05) is 6.92 Å². The molecule has 10 heavy (non-hydrogen) atoms. The van der Waals surface area contributed by atoms with Crippen molar-refractivity contribution < 1.29 is 0 Å². The highest BCUT2D eigenvalue weighted by atomic mass is 14.9. The van der Waals surface area contributed by atoms with E-state index < -0.39 is 0 Å². The van der Waals surface area contributed by atoms with Crippen LogP contribution >= 0.6 is 0 Å². The summed E-state index contributed by atoms with van der Waals surface area (Å²) in [5, 5.41) is 0. The normalized spacial score (nSPS) is 32.4. The quantitative estimate of drug-likeness (QED) is 0.467. The Bertz CT molecular complexity index is 140. The highest BCUT2D eigenvalue weighted by Crippen LogP contribution is 2.37. The molecule has 0 amide bonds. The fourth-order valence-corrected chi connectivity index (χ4v) is 1.000. The van der Waals surface area contributed by atoms with E-state index in [0.717, 1.165) is 30.6 Å². The molecule has 1 aliphatic rings. The summed E-state index contributed by atoms with van der Waals surface area (Å²) in [6.45, 7) is 5.26. The highest BCUT2D eigenvalue weighted by Gasteiger charge is 2.31. The van der Waals surface area contributed by atoms with Crippen LogP contribution in [0.1, 0.15) is 26.7 Å². The molecular formula is C8H16N2. The van der Waals surface area contributed by atoms with E-state index in [1.165, 1.54) is 6.42 Å². The Balaban J connectivity index is 2.15. The fourth-order valence-electron chi connectivity index (χ4n) is 1.000. The van der Waals surface area contributed by atoms with Crippen molar-refractivity contribution in [2.24, 2.45) is 22.6 Å². The SMILES string of the molecule is CCC(N)=NCC1CC1C. The van der Waals surface area contributed by atoms with Crippen molar-refractivity contribution >= 4 is 5.84 Å². The summed E-state index contributed by atoms with van der Waals surface area (Å²) in [7, 11) is 0. The zero-order valence-electron chi connectivity index (χ0n) is 6.80. The molecule has 0 aliphatic heterocycles. The molecule has 2 atom stereocenters. The average Bonchev–Trinajstić information content (AvgIpc) is 2.61. The first-order chi connectivity index (χ1) is 4.74. The van der Waals surface area contributed by atoms with Crippen LogP contribution in [0, 0.1) is 11.8 Å². The van der Waals surface area contributed by atoms with Gasteiger partial charge in [-0.3, -0.25) is 4.99 Å². The highest BCUT2D eigenvalue weighted by molar-refractivity contribution is 5.79. The Kier molecular flexibility index (Phi) is 2.30. The van der Waals surface area contributed by atoms with Crippen molar-refractivity contribution in [1.82, 2.24) is 0 Å². The van der Waals surface area contributed by atoms with Gasteiger partial charge in [0, 0.05) is 13.0 Å². The predicted molar refractivity (Wildman–Crippen MR) is 44.1 cm³/mol. The van der Waals surface area contributed by atoms with Crippen LogP contribution in [0.5, 0.6) is 0 Å². The second-order valence-electron chi connectivity index (χ2n) is 3.16. The number of amidine groups is 1. The first kappa shape index (κ1) is 7.58. The third kappa shape index (κ3) is 2.01. The molecule has 0 radical (unpaired) electrons. The third-order valence-electron chi connectivity index (χ3n) is 2.17. The van der Waals surface area contributed by atoms with Crippen LogP contribution in [0.4, 0.5) is 0 Å². The molecule has 1 fully saturated rings. The maximum atomic E-state index is 5.54. The molecule has 0 aromatic rings. The molecule has 2 nitrogen and oxygen atoms in total. The molecule has 0 bridgehead atoms. The molecule has 58 valence electrons. The van der Waals surface area contributed by atoms with E-state index in [0.29, 0.717) is 0 Å². The molecule has 0 spiro atoms. The number of rotatable bonds is 3. The minimum absolute atomic E-state index is 0.805. The molecule has 0 heterocycles. The van der Waals surface area contributed by atoms with Gasteiger partial charge in [-0.1, -0.05) is 13.8 Å². The van der Waals surface area contributed by atoms with Gasteiger partial charge in [-0.2, -0.15) is 0 Å². The number of hydrogen-bond donors (Lipinski definition) is 1. The van der Waals surface area contributed by atoms with Crippen LogP contribution < -0.4 is 5.73 Å². The van der Waals surface area contributed by atoms with E-state index in [-0.39, 0.29) is 0 Å². The van der Waals surface area contributed by atoms with Crippen molar-refractivity contribution in [2.75, 3.05) is 6.54 Å². The number of nitrogens with zero attached hydrogens (tertiary/aromatic N) is 1. The van der Waals surface area contributed by atoms with Crippen molar-refractivity contribution in [3.63, 3.8) is 0 Å². The average molecular weight is 140 g/mol. The fraction of sp³-hybridized carbons (Fsp3) is 0.875. The Hall–Kier alpha value is -0.530. The van der Waals surface area contributed by atoms with Crippen LogP contribution in [0.15, 0.2) is 4.99 Å². The van der Waals surface area contributed by atoms with Gasteiger partial charge in [-0.05, 0) is 18.3 Å². The van der Waals surface area contributed by atoms with Crippen LogP contribution in [0.25, 0.3) is 0 Å². The summed E-state index contributed by atoms with van der Waals surface area (Å²) in [6, 6.07) is 0. The lowest BCUT2D eigenvalue weighted by atomic mass is 10.3. The van der Waals surface area contributed by atoms with Gasteiger partial charge in [0.25, 0.3) is 0 Å². The topological polar surface area (TPSA) is 38.4 Å². The Labute approximate surface area is 62.5 Å². The van der Waals surface area contributed by atoms with E-state index in [1.54, 1.807) is 0 Å². The summed E-state index contributed by atoms with van der Waals surface area (Å²) in [4.78, 5) is 4.25. The Morgan fingerprint density at radius 1 is 1.70 bits per heavy atom. The van der Waals surface area contributed by atoms with E-state index in [2.05, 4.69) is 11.9 Å². The van der Waals surface area contributed by atoms with Gasteiger partial charge in [0.05, 0.1) is 5.84 Å². The molecule has 1 rings (SSSR count). The van der Waals surface area contributed by atoms with Crippen LogP contribution in [0.3, 0.4) is 0 Å². The van der Waals surface area contributed by atoms with Gasteiger partial charge < -0.3 is 5.73 Å². The maximum Gasteiger partial charge on any atom is 0.0934 e. The van der Waals surface area contributed by atoms with Crippen molar-refractivity contribution in [2.45, 2.75) is 26.7 Å². The molecule has 0 aromatic carbocycles. The van der Waals surface area contributed by atoms with Crippen molar-refractivity contribution in [3.8, 4) is 0 Å². The van der Waals surface area contributed by atoms with Gasteiger partial charge in [0.15, 0.2) is 0 Å². The predicted octanol–water partition coefficient (Wildman–Crippen LogP) is 1.41. The molecule has 1 saturated carbocycles. The second kappa shape index (κ2) is 3.04. The summed E-state index contributed by atoms with van der Waals surface area (Å²) in [5.74, 6) is 2.54. The summed E-state index contributed by atoms with van der Waals surface area (Å²) >= 11 is 0. The van der Waals surface area contributed by atoms with Gasteiger partial charge in [-0.15, -0.1) is 0 Å². The smallest absolute Gasteiger partial charge is 0.0934 e. The molecule has 2 heteroatoms. The lowest BCUT2D eigenvalue weighted by molar-refractivity contribution is 0.759. The monoisotopic (exact) mass is 140 g/mol. The van der Waals surface area contributed by atoms with Crippen LogP contribution in [0.2, 0.25) is 0 Å². The summed E-state index contributed by atoms with van der Waals surface area (Å²) in [6.07, 6.45) is 2.24. The van der Waals surface area contributed by atoms with Gasteiger partial charge in [-0.25, -0.2) is 0 Å². The number of hydrogen-bond acceptors (Lipinski definition) is 1. The third-order valence-corrected chi connectivity index (χ3v) is 2.17. The van der Waals surface area contributed by atoms with Crippen LogP contribution in [-0.2, 0) is 0 Å². The first-order valence-corrected chi connectivity index (χ1v) is 4.02. The number of nitrogens with two attached hydrogens (primary N) is 1. The van der Waals surface area contributed by atoms with E-state index >= 15 is 0 Å². The first-order valence-electron chi connectivity index (χ1n) is 4.02. The molecule has 2 N–H and O–H groups in total. The van der Waals surface area contributed by atoms with E-state index in [4.69, 9.17) is 5.73 Å². The lowest BCUT2D eigenvalue weighted by Crippen LogP contribution is -2.10. The minimum Gasteiger partial charge on any atom is -0.387 e. The zero-order chi connectivity index (χ0) is 7.56. The summed E-state index contributed by atoms with van der Waals surface area (Å²) in [5.41, 5.74) is 5.54. The summed E-state index contributed by atoms with van der Waals surface area (Å²) < 4.78 is 0. The molecule has 1 aliphatic carbocycles. The standard InChI is InChI=1S/C8H16N2/c1-3-8(9)10-5-7-4-6(7)2/h6-7H,3-5H2,1-2H3,(H2,9,10).